The molecule has 0 aliphatic carbocycles. The fourth-order valence-electron chi connectivity index (χ4n) is 2.05. The number of amides is 1. The van der Waals surface area contributed by atoms with Crippen molar-refractivity contribution in [1.29, 1.82) is 0 Å². The van der Waals surface area contributed by atoms with Gasteiger partial charge in [-0.05, 0) is 29.5 Å². The summed E-state index contributed by atoms with van der Waals surface area (Å²) in [6, 6.07) is 8.06. The van der Waals surface area contributed by atoms with Crippen LogP contribution in [0.5, 0.6) is 0 Å². The number of ether oxygens (including phenoxy) is 1. The second-order valence-corrected chi connectivity index (χ2v) is 5.88. The monoisotopic (exact) mass is 247 g/mol. The third kappa shape index (κ3) is 3.10. The maximum absolute atomic E-state index is 12.0. The Morgan fingerprint density at radius 3 is 2.78 bits per heavy atom. The van der Waals surface area contributed by atoms with Gasteiger partial charge in [0, 0.05) is 12.3 Å². The average molecular weight is 247 g/mol. The molecule has 0 radical (unpaired) electrons. The Kier molecular flexibility index (Phi) is 3.71. The molecule has 1 saturated heterocycles. The molecule has 0 bridgehead atoms. The van der Waals surface area contributed by atoms with Crippen LogP contribution in [-0.2, 0) is 14.9 Å². The van der Waals surface area contributed by atoms with E-state index >= 15 is 0 Å². The third-order valence-electron chi connectivity index (χ3n) is 3.30. The van der Waals surface area contributed by atoms with Crippen LogP contribution in [0.1, 0.15) is 32.8 Å². The standard InChI is InChI=1S/C15H21NO2/c1-15(2,3)12-5-4-6-13(9-12)16-14(17)11-7-8-18-10-11/h4-6,9,11H,7-8,10H2,1-3H3,(H,16,17). The van der Waals surface area contributed by atoms with Crippen molar-refractivity contribution in [2.75, 3.05) is 18.5 Å². The van der Waals surface area contributed by atoms with Crippen molar-refractivity contribution in [2.24, 2.45) is 5.92 Å². The highest BCUT2D eigenvalue weighted by Gasteiger charge is 2.23. The van der Waals surface area contributed by atoms with Crippen LogP contribution in [0.2, 0.25) is 0 Å². The smallest absolute Gasteiger partial charge is 0.229 e. The van der Waals surface area contributed by atoms with Crippen LogP contribution >= 0.6 is 0 Å². The predicted molar refractivity (Wildman–Crippen MR) is 72.7 cm³/mol. The third-order valence-corrected chi connectivity index (χ3v) is 3.30. The quantitative estimate of drug-likeness (QED) is 0.872. The summed E-state index contributed by atoms with van der Waals surface area (Å²) in [6.07, 6.45) is 0.824. The van der Waals surface area contributed by atoms with E-state index in [1.54, 1.807) is 0 Å². The van der Waals surface area contributed by atoms with Crippen molar-refractivity contribution in [2.45, 2.75) is 32.6 Å². The Labute approximate surface area is 109 Å². The summed E-state index contributed by atoms with van der Waals surface area (Å²) in [5.41, 5.74) is 2.19. The molecule has 1 atom stereocenters. The Morgan fingerprint density at radius 2 is 2.17 bits per heavy atom. The minimum Gasteiger partial charge on any atom is -0.381 e. The first-order chi connectivity index (χ1) is 8.47. The topological polar surface area (TPSA) is 38.3 Å². The van der Waals surface area contributed by atoms with Gasteiger partial charge >= 0.3 is 0 Å². The van der Waals surface area contributed by atoms with Gasteiger partial charge in [0.05, 0.1) is 12.5 Å². The zero-order valence-corrected chi connectivity index (χ0v) is 11.3. The van der Waals surface area contributed by atoms with Crippen molar-refractivity contribution in [3.8, 4) is 0 Å². The molecule has 1 unspecified atom stereocenters. The number of nitrogens with one attached hydrogen (secondary N) is 1. The SMILES string of the molecule is CC(C)(C)c1cccc(NC(=O)C2CCOC2)c1. The fraction of sp³-hybridized carbons (Fsp3) is 0.533. The van der Waals surface area contributed by atoms with Gasteiger partial charge in [-0.2, -0.15) is 0 Å². The van der Waals surface area contributed by atoms with Crippen LogP contribution in [0.4, 0.5) is 5.69 Å². The molecular weight excluding hydrogens is 226 g/mol. The summed E-state index contributed by atoms with van der Waals surface area (Å²) in [5, 5.41) is 2.98. The second kappa shape index (κ2) is 5.11. The first-order valence-electron chi connectivity index (χ1n) is 6.46. The van der Waals surface area contributed by atoms with Gasteiger partial charge in [0.2, 0.25) is 5.91 Å². The zero-order chi connectivity index (χ0) is 13.2. The lowest BCUT2D eigenvalue weighted by molar-refractivity contribution is -0.119. The lowest BCUT2D eigenvalue weighted by Gasteiger charge is -2.20. The summed E-state index contributed by atoms with van der Waals surface area (Å²) in [4.78, 5) is 12.0. The van der Waals surface area contributed by atoms with Crippen LogP contribution in [0.15, 0.2) is 24.3 Å². The molecule has 3 nitrogen and oxygen atoms in total. The number of rotatable bonds is 2. The predicted octanol–water partition coefficient (Wildman–Crippen LogP) is 2.96. The highest BCUT2D eigenvalue weighted by molar-refractivity contribution is 5.92. The fourth-order valence-corrected chi connectivity index (χ4v) is 2.05. The number of hydrogen-bond donors (Lipinski definition) is 1. The van der Waals surface area contributed by atoms with Gasteiger partial charge in [-0.25, -0.2) is 0 Å². The normalized spacial score (nSPS) is 19.8. The van der Waals surface area contributed by atoms with Gasteiger partial charge in [0.1, 0.15) is 0 Å². The molecule has 0 spiro atoms. The molecule has 1 amide bonds. The molecule has 1 aromatic rings. The summed E-state index contributed by atoms with van der Waals surface area (Å²) in [6.45, 7) is 7.74. The first-order valence-corrected chi connectivity index (χ1v) is 6.46. The lowest BCUT2D eigenvalue weighted by Crippen LogP contribution is -2.23. The van der Waals surface area contributed by atoms with Crippen LogP contribution in [-0.4, -0.2) is 19.1 Å². The highest BCUT2D eigenvalue weighted by Crippen LogP contribution is 2.25. The molecule has 1 aromatic carbocycles. The van der Waals surface area contributed by atoms with Crippen LogP contribution < -0.4 is 5.32 Å². The molecule has 98 valence electrons. The maximum atomic E-state index is 12.0. The molecule has 3 heteroatoms. The Bertz CT molecular complexity index is 428. The minimum atomic E-state index is 0.00305. The average Bonchev–Trinajstić information content (AvgIpc) is 2.81. The highest BCUT2D eigenvalue weighted by atomic mass is 16.5. The van der Waals surface area contributed by atoms with Crippen LogP contribution in [0, 0.1) is 5.92 Å². The van der Waals surface area contributed by atoms with Gasteiger partial charge in [-0.1, -0.05) is 32.9 Å². The maximum Gasteiger partial charge on any atom is 0.229 e. The van der Waals surface area contributed by atoms with Crippen molar-refractivity contribution in [3.63, 3.8) is 0 Å². The van der Waals surface area contributed by atoms with Gasteiger partial charge in [0.25, 0.3) is 0 Å². The van der Waals surface area contributed by atoms with Gasteiger partial charge < -0.3 is 10.1 Å². The molecule has 0 aromatic heterocycles. The van der Waals surface area contributed by atoms with E-state index in [1.165, 1.54) is 5.56 Å². The largest absolute Gasteiger partial charge is 0.381 e. The Balaban J connectivity index is 2.07. The molecule has 1 aliphatic heterocycles. The van der Waals surface area contributed by atoms with Gasteiger partial charge in [0.15, 0.2) is 0 Å². The summed E-state index contributed by atoms with van der Waals surface area (Å²) in [7, 11) is 0. The minimum absolute atomic E-state index is 0.00305. The van der Waals surface area contributed by atoms with Gasteiger partial charge in [-0.15, -0.1) is 0 Å². The first kappa shape index (κ1) is 13.1. The van der Waals surface area contributed by atoms with Crippen molar-refractivity contribution in [3.05, 3.63) is 29.8 Å². The van der Waals surface area contributed by atoms with E-state index in [-0.39, 0.29) is 17.2 Å². The van der Waals surface area contributed by atoms with E-state index in [0.717, 1.165) is 12.1 Å². The Hall–Kier alpha value is -1.35. The summed E-state index contributed by atoms with van der Waals surface area (Å²) < 4.78 is 5.23. The van der Waals surface area contributed by atoms with E-state index in [1.807, 2.05) is 18.2 Å². The summed E-state index contributed by atoms with van der Waals surface area (Å²) in [5.74, 6) is 0.0712. The second-order valence-electron chi connectivity index (χ2n) is 5.88. The summed E-state index contributed by atoms with van der Waals surface area (Å²) >= 11 is 0. The molecule has 1 heterocycles. The number of carbonyl (C=O) groups excluding carboxylic acids is 1. The number of benzene rings is 1. The number of anilines is 1. The molecule has 1 aliphatic rings. The molecule has 1 fully saturated rings. The van der Waals surface area contributed by atoms with E-state index in [4.69, 9.17) is 4.74 Å². The van der Waals surface area contributed by atoms with E-state index in [9.17, 15) is 4.79 Å². The van der Waals surface area contributed by atoms with Crippen LogP contribution in [0.3, 0.4) is 0 Å². The van der Waals surface area contributed by atoms with Gasteiger partial charge in [-0.3, -0.25) is 4.79 Å². The van der Waals surface area contributed by atoms with Crippen molar-refractivity contribution >= 4 is 11.6 Å². The number of hydrogen-bond acceptors (Lipinski definition) is 2. The Morgan fingerprint density at radius 1 is 1.39 bits per heavy atom. The zero-order valence-electron chi connectivity index (χ0n) is 11.3. The van der Waals surface area contributed by atoms with E-state index in [2.05, 4.69) is 32.2 Å². The number of carbonyl (C=O) groups is 1. The van der Waals surface area contributed by atoms with Crippen LogP contribution in [0.25, 0.3) is 0 Å². The van der Waals surface area contributed by atoms with Crippen molar-refractivity contribution in [1.82, 2.24) is 0 Å². The van der Waals surface area contributed by atoms with E-state index < -0.39 is 0 Å². The lowest BCUT2D eigenvalue weighted by atomic mass is 9.87. The molecule has 1 N–H and O–H groups in total. The molecule has 0 saturated carbocycles. The van der Waals surface area contributed by atoms with E-state index in [0.29, 0.717) is 13.2 Å². The molecule has 2 rings (SSSR count). The molecular formula is C15H21NO2. The van der Waals surface area contributed by atoms with Crippen molar-refractivity contribution < 1.29 is 9.53 Å². The molecule has 18 heavy (non-hydrogen) atoms.